The van der Waals surface area contributed by atoms with Crippen LogP contribution in [0.1, 0.15) is 37.7 Å². The van der Waals surface area contributed by atoms with Crippen molar-refractivity contribution in [1.82, 2.24) is 5.32 Å². The third kappa shape index (κ3) is 5.50. The molecule has 1 saturated carbocycles. The third-order valence-electron chi connectivity index (χ3n) is 3.81. The average molecular weight is 311 g/mol. The maximum absolute atomic E-state index is 12.3. The van der Waals surface area contributed by atoms with E-state index in [9.17, 15) is 8.78 Å². The van der Waals surface area contributed by atoms with Crippen LogP contribution < -0.4 is 15.8 Å². The van der Waals surface area contributed by atoms with Crippen LogP contribution in [0, 0.1) is 0 Å². The van der Waals surface area contributed by atoms with Crippen molar-refractivity contribution in [3.8, 4) is 5.75 Å². The molecule has 0 bridgehead atoms. The van der Waals surface area contributed by atoms with Crippen molar-refractivity contribution >= 4 is 5.96 Å². The first-order valence-corrected chi connectivity index (χ1v) is 7.74. The maximum Gasteiger partial charge on any atom is 0.387 e. The monoisotopic (exact) mass is 311 g/mol. The second kappa shape index (κ2) is 8.56. The van der Waals surface area contributed by atoms with Gasteiger partial charge in [-0.1, -0.05) is 37.5 Å². The highest BCUT2D eigenvalue weighted by atomic mass is 19.3. The van der Waals surface area contributed by atoms with Gasteiger partial charge in [-0.3, -0.25) is 4.99 Å². The zero-order valence-corrected chi connectivity index (χ0v) is 12.6. The summed E-state index contributed by atoms with van der Waals surface area (Å²) in [6.07, 6.45) is 6.50. The number of nitrogens with two attached hydrogens (primary N) is 1. The molecule has 0 saturated heterocycles. The summed E-state index contributed by atoms with van der Waals surface area (Å²) >= 11 is 0. The number of ether oxygens (including phenoxy) is 1. The Labute approximate surface area is 129 Å². The van der Waals surface area contributed by atoms with Crippen LogP contribution in [0.4, 0.5) is 8.78 Å². The van der Waals surface area contributed by atoms with Gasteiger partial charge in [0.2, 0.25) is 0 Å². The van der Waals surface area contributed by atoms with Gasteiger partial charge in [-0.25, -0.2) is 0 Å². The Balaban J connectivity index is 1.83. The molecule has 3 N–H and O–H groups in total. The molecule has 1 aliphatic carbocycles. The Morgan fingerprint density at radius 1 is 1.27 bits per heavy atom. The van der Waals surface area contributed by atoms with Gasteiger partial charge in [0.25, 0.3) is 0 Å². The summed E-state index contributed by atoms with van der Waals surface area (Å²) in [7, 11) is 0. The lowest BCUT2D eigenvalue weighted by atomic mass is 9.96. The minimum absolute atomic E-state index is 0.200. The number of para-hydroxylation sites is 1. The molecule has 1 aliphatic rings. The number of rotatable bonds is 6. The van der Waals surface area contributed by atoms with E-state index in [2.05, 4.69) is 15.0 Å². The average Bonchev–Trinajstić information content (AvgIpc) is 2.49. The Morgan fingerprint density at radius 2 is 2.00 bits per heavy atom. The van der Waals surface area contributed by atoms with Crippen molar-refractivity contribution in [2.24, 2.45) is 10.7 Å². The molecule has 122 valence electrons. The molecule has 0 heterocycles. The smallest absolute Gasteiger partial charge is 0.387 e. The van der Waals surface area contributed by atoms with E-state index in [1.165, 1.54) is 25.3 Å². The third-order valence-corrected chi connectivity index (χ3v) is 3.81. The van der Waals surface area contributed by atoms with Crippen LogP contribution in [0.5, 0.6) is 5.75 Å². The highest BCUT2D eigenvalue weighted by Gasteiger charge is 2.13. The lowest BCUT2D eigenvalue weighted by Crippen LogP contribution is -2.41. The Bertz CT molecular complexity index is 488. The number of hydrogen-bond acceptors (Lipinski definition) is 2. The Hall–Kier alpha value is -1.85. The quantitative estimate of drug-likeness (QED) is 0.627. The molecule has 1 aromatic rings. The molecule has 0 atom stereocenters. The summed E-state index contributed by atoms with van der Waals surface area (Å²) in [6, 6.07) is 7.17. The topological polar surface area (TPSA) is 59.6 Å². The molecule has 1 aromatic carbocycles. The van der Waals surface area contributed by atoms with Crippen molar-refractivity contribution < 1.29 is 13.5 Å². The van der Waals surface area contributed by atoms with Gasteiger partial charge >= 0.3 is 6.61 Å². The number of halogens is 2. The molecule has 1 fully saturated rings. The number of aliphatic imine (C=N–C) groups is 1. The second-order valence-electron chi connectivity index (χ2n) is 5.48. The summed E-state index contributed by atoms with van der Waals surface area (Å²) in [5.74, 6) is 0.630. The normalized spacial score (nSPS) is 16.8. The number of nitrogens with one attached hydrogen (secondary N) is 1. The van der Waals surface area contributed by atoms with Crippen molar-refractivity contribution in [2.45, 2.75) is 51.2 Å². The number of hydrogen-bond donors (Lipinski definition) is 2. The molecule has 2 rings (SSSR count). The van der Waals surface area contributed by atoms with Crippen LogP contribution in [0.15, 0.2) is 29.3 Å². The van der Waals surface area contributed by atoms with Crippen LogP contribution in [0.3, 0.4) is 0 Å². The van der Waals surface area contributed by atoms with Crippen LogP contribution in [0.25, 0.3) is 0 Å². The highest BCUT2D eigenvalue weighted by molar-refractivity contribution is 5.78. The van der Waals surface area contributed by atoms with Gasteiger partial charge in [-0.2, -0.15) is 8.78 Å². The summed E-state index contributed by atoms with van der Waals surface area (Å²) in [5.41, 5.74) is 6.58. The van der Waals surface area contributed by atoms with Crippen molar-refractivity contribution in [2.75, 3.05) is 6.54 Å². The van der Waals surface area contributed by atoms with Crippen molar-refractivity contribution in [1.29, 1.82) is 0 Å². The molecule has 0 radical (unpaired) electrons. The predicted octanol–water partition coefficient (Wildman–Crippen LogP) is 3.07. The van der Waals surface area contributed by atoms with Crippen molar-refractivity contribution in [3.63, 3.8) is 0 Å². The molecule has 6 heteroatoms. The van der Waals surface area contributed by atoms with Crippen LogP contribution in [-0.2, 0) is 6.42 Å². The first-order chi connectivity index (χ1) is 10.6. The van der Waals surface area contributed by atoms with Crippen molar-refractivity contribution in [3.05, 3.63) is 29.8 Å². The SMILES string of the molecule is NC(=NCCc1ccccc1OC(F)F)NC1CCCCC1. The van der Waals surface area contributed by atoms with E-state index in [-0.39, 0.29) is 5.75 Å². The van der Waals surface area contributed by atoms with Crippen LogP contribution in [-0.4, -0.2) is 25.2 Å². The predicted molar refractivity (Wildman–Crippen MR) is 83.3 cm³/mol. The zero-order chi connectivity index (χ0) is 15.8. The largest absolute Gasteiger partial charge is 0.435 e. The van der Waals surface area contributed by atoms with E-state index < -0.39 is 6.61 Å². The molecule has 0 amide bonds. The summed E-state index contributed by atoms with van der Waals surface area (Å²) in [6.45, 7) is -2.38. The summed E-state index contributed by atoms with van der Waals surface area (Å²) in [5, 5.41) is 3.23. The second-order valence-corrected chi connectivity index (χ2v) is 5.48. The molecule has 4 nitrogen and oxygen atoms in total. The van der Waals surface area contributed by atoms with Crippen LogP contribution in [0.2, 0.25) is 0 Å². The highest BCUT2D eigenvalue weighted by Crippen LogP contribution is 2.20. The zero-order valence-electron chi connectivity index (χ0n) is 12.6. The van der Waals surface area contributed by atoms with Gasteiger partial charge in [0.05, 0.1) is 0 Å². The lowest BCUT2D eigenvalue weighted by molar-refractivity contribution is -0.0504. The van der Waals surface area contributed by atoms with Gasteiger partial charge in [-0.05, 0) is 30.9 Å². The minimum atomic E-state index is -2.82. The minimum Gasteiger partial charge on any atom is -0.435 e. The van der Waals surface area contributed by atoms with Gasteiger partial charge < -0.3 is 15.8 Å². The Morgan fingerprint density at radius 3 is 2.73 bits per heavy atom. The first-order valence-electron chi connectivity index (χ1n) is 7.74. The molecular formula is C16H23F2N3O. The summed E-state index contributed by atoms with van der Waals surface area (Å²) < 4.78 is 29.2. The molecule has 22 heavy (non-hydrogen) atoms. The van der Waals surface area contributed by atoms with Gasteiger partial charge in [0.15, 0.2) is 5.96 Å². The first kappa shape index (κ1) is 16.5. The maximum atomic E-state index is 12.3. The fraction of sp³-hybridized carbons (Fsp3) is 0.562. The molecular weight excluding hydrogens is 288 g/mol. The molecule has 0 aliphatic heterocycles. The molecule has 0 spiro atoms. The number of guanidine groups is 1. The number of nitrogens with zero attached hydrogens (tertiary/aromatic N) is 1. The standard InChI is InChI=1S/C16H23F2N3O/c17-15(18)22-14-9-5-4-6-12(14)10-11-20-16(19)21-13-7-2-1-3-8-13/h4-6,9,13,15H,1-3,7-8,10-11H2,(H3,19,20,21). The summed E-state index contributed by atoms with van der Waals surface area (Å²) in [4.78, 5) is 4.27. The van der Waals surface area contributed by atoms with Gasteiger partial charge in [-0.15, -0.1) is 0 Å². The van der Waals surface area contributed by atoms with Gasteiger partial charge in [0, 0.05) is 12.6 Å². The van der Waals surface area contributed by atoms with Crippen LogP contribution >= 0.6 is 0 Å². The van der Waals surface area contributed by atoms with E-state index >= 15 is 0 Å². The van der Waals surface area contributed by atoms with E-state index in [4.69, 9.17) is 5.73 Å². The Kier molecular flexibility index (Phi) is 6.43. The van der Waals surface area contributed by atoms with E-state index in [0.717, 1.165) is 12.8 Å². The fourth-order valence-corrected chi connectivity index (χ4v) is 2.72. The molecule has 0 aromatic heterocycles. The lowest BCUT2D eigenvalue weighted by Gasteiger charge is -2.23. The van der Waals surface area contributed by atoms with E-state index in [1.807, 2.05) is 0 Å². The fourth-order valence-electron chi connectivity index (χ4n) is 2.72. The van der Waals surface area contributed by atoms with E-state index in [1.54, 1.807) is 18.2 Å². The molecule has 0 unspecified atom stereocenters. The van der Waals surface area contributed by atoms with E-state index in [0.29, 0.717) is 30.5 Å². The number of alkyl halides is 2. The number of benzene rings is 1. The van der Waals surface area contributed by atoms with Gasteiger partial charge in [0.1, 0.15) is 5.75 Å².